The molecule has 2 rings (SSSR count). The van der Waals surface area contributed by atoms with Crippen molar-refractivity contribution in [3.63, 3.8) is 0 Å². The van der Waals surface area contributed by atoms with E-state index in [0.29, 0.717) is 6.54 Å². The molecule has 4 heteroatoms. The second kappa shape index (κ2) is 3.69. The number of aromatic nitrogens is 3. The lowest BCUT2D eigenvalue weighted by atomic mass is 9.73. The predicted molar refractivity (Wildman–Crippen MR) is 54.8 cm³/mol. The third-order valence-electron chi connectivity index (χ3n) is 3.39. The van der Waals surface area contributed by atoms with Crippen LogP contribution in [0.5, 0.6) is 0 Å². The molecule has 78 valence electrons. The van der Waals surface area contributed by atoms with Crippen LogP contribution in [0.1, 0.15) is 37.9 Å². The molecule has 1 aliphatic carbocycles. The third kappa shape index (κ3) is 1.43. The fourth-order valence-corrected chi connectivity index (χ4v) is 2.52. The molecule has 0 atom stereocenters. The molecular formula is C10H18N4. The first-order valence-corrected chi connectivity index (χ1v) is 5.33. The molecule has 1 fully saturated rings. The average molecular weight is 194 g/mol. The Morgan fingerprint density at radius 3 is 2.64 bits per heavy atom. The molecule has 14 heavy (non-hydrogen) atoms. The Bertz CT molecular complexity index is 299. The van der Waals surface area contributed by atoms with Crippen LogP contribution in [0.2, 0.25) is 0 Å². The van der Waals surface area contributed by atoms with Gasteiger partial charge in [0.05, 0.1) is 0 Å². The van der Waals surface area contributed by atoms with Crippen molar-refractivity contribution in [3.8, 4) is 0 Å². The van der Waals surface area contributed by atoms with Crippen molar-refractivity contribution in [3.05, 3.63) is 12.2 Å². The van der Waals surface area contributed by atoms with Gasteiger partial charge >= 0.3 is 0 Å². The molecule has 0 unspecified atom stereocenters. The van der Waals surface area contributed by atoms with Crippen LogP contribution in [0.25, 0.3) is 0 Å². The summed E-state index contributed by atoms with van der Waals surface area (Å²) in [6.45, 7) is 0.694. The Balaban J connectivity index is 2.31. The maximum atomic E-state index is 5.92. The van der Waals surface area contributed by atoms with Gasteiger partial charge in [0.25, 0.3) is 0 Å². The van der Waals surface area contributed by atoms with E-state index < -0.39 is 0 Å². The summed E-state index contributed by atoms with van der Waals surface area (Å²) in [6, 6.07) is 0. The van der Waals surface area contributed by atoms with E-state index in [1.807, 2.05) is 11.7 Å². The molecule has 1 heterocycles. The summed E-state index contributed by atoms with van der Waals surface area (Å²) in [5.41, 5.74) is 6.02. The topological polar surface area (TPSA) is 56.7 Å². The summed E-state index contributed by atoms with van der Waals surface area (Å²) < 4.78 is 1.87. The number of hydrogen-bond donors (Lipinski definition) is 1. The van der Waals surface area contributed by atoms with Crippen LogP contribution < -0.4 is 5.73 Å². The minimum absolute atomic E-state index is 0.101. The molecule has 4 nitrogen and oxygen atoms in total. The van der Waals surface area contributed by atoms with E-state index in [2.05, 4.69) is 10.1 Å². The van der Waals surface area contributed by atoms with Gasteiger partial charge in [0.1, 0.15) is 12.2 Å². The highest BCUT2D eigenvalue weighted by Crippen LogP contribution is 2.37. The smallest absolute Gasteiger partial charge is 0.138 e. The van der Waals surface area contributed by atoms with Crippen molar-refractivity contribution in [1.82, 2.24) is 14.8 Å². The van der Waals surface area contributed by atoms with Crippen LogP contribution in [-0.4, -0.2) is 21.3 Å². The second-order valence-corrected chi connectivity index (χ2v) is 4.25. The molecule has 1 aromatic heterocycles. The fourth-order valence-electron chi connectivity index (χ4n) is 2.52. The van der Waals surface area contributed by atoms with Gasteiger partial charge in [-0.1, -0.05) is 19.3 Å². The summed E-state index contributed by atoms with van der Waals surface area (Å²) in [7, 11) is 1.95. The maximum absolute atomic E-state index is 5.92. The van der Waals surface area contributed by atoms with Crippen LogP contribution in [-0.2, 0) is 12.5 Å². The summed E-state index contributed by atoms with van der Waals surface area (Å²) in [6.07, 6.45) is 7.82. The second-order valence-electron chi connectivity index (χ2n) is 4.25. The van der Waals surface area contributed by atoms with E-state index in [4.69, 9.17) is 5.73 Å². The highest BCUT2D eigenvalue weighted by molar-refractivity contribution is 5.09. The normalized spacial score (nSPS) is 21.0. The zero-order chi connectivity index (χ0) is 10.0. The van der Waals surface area contributed by atoms with Crippen molar-refractivity contribution in [2.45, 2.75) is 37.5 Å². The summed E-state index contributed by atoms with van der Waals surface area (Å²) in [4.78, 5) is 4.35. The van der Waals surface area contributed by atoms with Crippen LogP contribution >= 0.6 is 0 Å². The highest BCUT2D eigenvalue weighted by atomic mass is 15.3. The van der Waals surface area contributed by atoms with E-state index in [0.717, 1.165) is 18.7 Å². The first-order chi connectivity index (χ1) is 6.78. The summed E-state index contributed by atoms with van der Waals surface area (Å²) in [5, 5.41) is 4.13. The number of nitrogens with zero attached hydrogens (tertiary/aromatic N) is 3. The lowest BCUT2D eigenvalue weighted by molar-refractivity contribution is 0.277. The fraction of sp³-hybridized carbons (Fsp3) is 0.800. The lowest BCUT2D eigenvalue weighted by Crippen LogP contribution is -2.39. The molecule has 0 bridgehead atoms. The number of hydrogen-bond acceptors (Lipinski definition) is 3. The minimum atomic E-state index is 0.101. The monoisotopic (exact) mass is 194 g/mol. The first-order valence-electron chi connectivity index (χ1n) is 5.33. The molecule has 1 aromatic rings. The maximum Gasteiger partial charge on any atom is 0.138 e. The predicted octanol–water partition coefficient (Wildman–Crippen LogP) is 0.976. The Kier molecular flexibility index (Phi) is 2.54. The van der Waals surface area contributed by atoms with Crippen molar-refractivity contribution >= 4 is 0 Å². The van der Waals surface area contributed by atoms with Crippen LogP contribution in [0.3, 0.4) is 0 Å². The van der Waals surface area contributed by atoms with E-state index in [9.17, 15) is 0 Å². The standard InChI is InChI=1S/C10H18N4/c1-14-9(12-8-13-14)10(7-11)5-3-2-4-6-10/h8H,2-7,11H2,1H3. The zero-order valence-corrected chi connectivity index (χ0v) is 8.74. The Labute approximate surface area is 84.5 Å². The van der Waals surface area contributed by atoms with Gasteiger partial charge in [-0.25, -0.2) is 4.98 Å². The van der Waals surface area contributed by atoms with Gasteiger partial charge in [0.15, 0.2) is 0 Å². The third-order valence-corrected chi connectivity index (χ3v) is 3.39. The molecule has 0 aliphatic heterocycles. The molecule has 1 aliphatic rings. The number of aryl methyl sites for hydroxylation is 1. The summed E-state index contributed by atoms with van der Waals surface area (Å²) in [5.74, 6) is 1.07. The Morgan fingerprint density at radius 1 is 1.43 bits per heavy atom. The number of nitrogens with two attached hydrogens (primary N) is 1. The lowest BCUT2D eigenvalue weighted by Gasteiger charge is -2.34. The van der Waals surface area contributed by atoms with Crippen LogP contribution in [0.4, 0.5) is 0 Å². The largest absolute Gasteiger partial charge is 0.329 e. The van der Waals surface area contributed by atoms with Crippen molar-refractivity contribution < 1.29 is 0 Å². The Morgan fingerprint density at radius 2 is 2.14 bits per heavy atom. The van der Waals surface area contributed by atoms with Gasteiger partial charge in [0.2, 0.25) is 0 Å². The van der Waals surface area contributed by atoms with Crippen molar-refractivity contribution in [2.75, 3.05) is 6.54 Å². The molecule has 0 radical (unpaired) electrons. The van der Waals surface area contributed by atoms with Gasteiger partial charge in [-0.15, -0.1) is 0 Å². The molecule has 1 saturated carbocycles. The van der Waals surface area contributed by atoms with E-state index in [1.54, 1.807) is 6.33 Å². The minimum Gasteiger partial charge on any atom is -0.329 e. The van der Waals surface area contributed by atoms with Crippen molar-refractivity contribution in [2.24, 2.45) is 12.8 Å². The molecule has 2 N–H and O–H groups in total. The zero-order valence-electron chi connectivity index (χ0n) is 8.74. The molecular weight excluding hydrogens is 176 g/mol. The SMILES string of the molecule is Cn1ncnc1C1(CN)CCCCC1. The van der Waals surface area contributed by atoms with Gasteiger partial charge < -0.3 is 5.73 Å². The van der Waals surface area contributed by atoms with E-state index in [-0.39, 0.29) is 5.41 Å². The molecule has 0 amide bonds. The van der Waals surface area contributed by atoms with E-state index >= 15 is 0 Å². The van der Waals surface area contributed by atoms with Gasteiger partial charge in [-0.05, 0) is 12.8 Å². The molecule has 0 saturated heterocycles. The average Bonchev–Trinajstić information content (AvgIpc) is 2.66. The first kappa shape index (κ1) is 9.65. The quantitative estimate of drug-likeness (QED) is 0.763. The van der Waals surface area contributed by atoms with E-state index in [1.165, 1.54) is 19.3 Å². The molecule has 0 aromatic carbocycles. The summed E-state index contributed by atoms with van der Waals surface area (Å²) >= 11 is 0. The van der Waals surface area contributed by atoms with Gasteiger partial charge in [-0.3, -0.25) is 4.68 Å². The Hall–Kier alpha value is -0.900. The van der Waals surface area contributed by atoms with Crippen LogP contribution in [0.15, 0.2) is 6.33 Å². The highest BCUT2D eigenvalue weighted by Gasteiger charge is 2.36. The van der Waals surface area contributed by atoms with Gasteiger partial charge in [0, 0.05) is 19.0 Å². The van der Waals surface area contributed by atoms with Crippen LogP contribution in [0, 0.1) is 0 Å². The van der Waals surface area contributed by atoms with Gasteiger partial charge in [-0.2, -0.15) is 5.10 Å². The molecule has 0 spiro atoms. The van der Waals surface area contributed by atoms with Crippen molar-refractivity contribution in [1.29, 1.82) is 0 Å². The number of rotatable bonds is 2.